The van der Waals surface area contributed by atoms with Crippen molar-refractivity contribution in [2.75, 3.05) is 21.3 Å². The maximum atomic E-state index is 12.1. The Labute approximate surface area is 112 Å². The van der Waals surface area contributed by atoms with E-state index >= 15 is 0 Å². The summed E-state index contributed by atoms with van der Waals surface area (Å²) in [5.41, 5.74) is 6.06. The summed E-state index contributed by atoms with van der Waals surface area (Å²) in [7, 11) is 4.54. The third kappa shape index (κ3) is 2.14. The summed E-state index contributed by atoms with van der Waals surface area (Å²) >= 11 is 0. The molecule has 0 aromatic heterocycles. The van der Waals surface area contributed by atoms with Crippen LogP contribution in [-0.4, -0.2) is 33.3 Å². The lowest BCUT2D eigenvalue weighted by Gasteiger charge is -2.44. The van der Waals surface area contributed by atoms with Crippen molar-refractivity contribution >= 4 is 5.97 Å². The third-order valence-corrected chi connectivity index (χ3v) is 3.73. The summed E-state index contributed by atoms with van der Waals surface area (Å²) in [5.74, 6) is 0.986. The number of benzene rings is 1. The zero-order valence-corrected chi connectivity index (χ0v) is 11.4. The summed E-state index contributed by atoms with van der Waals surface area (Å²) in [6.07, 6.45) is 1.18. The van der Waals surface area contributed by atoms with Gasteiger partial charge in [-0.3, -0.25) is 4.79 Å². The second kappa shape index (κ2) is 5.09. The molecule has 0 aliphatic heterocycles. The fourth-order valence-corrected chi connectivity index (χ4v) is 2.68. The molecule has 19 heavy (non-hydrogen) atoms. The van der Waals surface area contributed by atoms with Crippen molar-refractivity contribution in [3.05, 3.63) is 23.8 Å². The molecule has 0 saturated heterocycles. The Hall–Kier alpha value is -1.75. The highest BCUT2D eigenvalue weighted by molar-refractivity contribution is 5.85. The molecular formula is C14H19NO4. The smallest absolute Gasteiger partial charge is 0.316 e. The molecule has 5 nitrogen and oxygen atoms in total. The molecule has 0 spiro atoms. The monoisotopic (exact) mass is 265 g/mol. The molecule has 1 fully saturated rings. The molecule has 0 atom stereocenters. The number of esters is 1. The Morgan fingerprint density at radius 3 is 2.32 bits per heavy atom. The van der Waals surface area contributed by atoms with Crippen LogP contribution in [0.15, 0.2) is 18.2 Å². The van der Waals surface area contributed by atoms with Gasteiger partial charge < -0.3 is 19.9 Å². The Morgan fingerprint density at radius 1 is 1.21 bits per heavy atom. The van der Waals surface area contributed by atoms with Gasteiger partial charge in [0.25, 0.3) is 0 Å². The highest BCUT2D eigenvalue weighted by Gasteiger charge is 2.51. The lowest BCUT2D eigenvalue weighted by molar-refractivity contribution is -0.152. The largest absolute Gasteiger partial charge is 0.493 e. The molecule has 0 amide bonds. The first kappa shape index (κ1) is 13.7. The van der Waals surface area contributed by atoms with E-state index in [9.17, 15) is 4.79 Å². The van der Waals surface area contributed by atoms with Crippen LogP contribution < -0.4 is 15.2 Å². The van der Waals surface area contributed by atoms with Gasteiger partial charge in [0, 0.05) is 6.04 Å². The van der Waals surface area contributed by atoms with Crippen LogP contribution in [0.5, 0.6) is 11.5 Å². The predicted octanol–water partition coefficient (Wildman–Crippen LogP) is 1.24. The summed E-state index contributed by atoms with van der Waals surface area (Å²) in [4.78, 5) is 12.1. The molecular weight excluding hydrogens is 246 g/mol. The van der Waals surface area contributed by atoms with Gasteiger partial charge in [0.2, 0.25) is 0 Å². The van der Waals surface area contributed by atoms with E-state index in [0.29, 0.717) is 24.3 Å². The molecule has 1 aliphatic rings. The van der Waals surface area contributed by atoms with E-state index in [0.717, 1.165) is 5.56 Å². The second-order valence-corrected chi connectivity index (χ2v) is 4.81. The minimum absolute atomic E-state index is 0.0344. The van der Waals surface area contributed by atoms with Crippen LogP contribution >= 0.6 is 0 Å². The van der Waals surface area contributed by atoms with Gasteiger partial charge in [0.05, 0.1) is 26.7 Å². The van der Waals surface area contributed by atoms with E-state index in [-0.39, 0.29) is 12.0 Å². The number of nitrogens with two attached hydrogens (primary N) is 1. The average molecular weight is 265 g/mol. The minimum Gasteiger partial charge on any atom is -0.493 e. The van der Waals surface area contributed by atoms with Gasteiger partial charge in [-0.25, -0.2) is 0 Å². The topological polar surface area (TPSA) is 70.8 Å². The average Bonchev–Trinajstić information content (AvgIpc) is 2.41. The Bertz CT molecular complexity index is 480. The van der Waals surface area contributed by atoms with Crippen molar-refractivity contribution in [3.8, 4) is 11.5 Å². The number of rotatable bonds is 4. The van der Waals surface area contributed by atoms with Crippen LogP contribution in [-0.2, 0) is 14.9 Å². The quantitative estimate of drug-likeness (QED) is 0.829. The van der Waals surface area contributed by atoms with Gasteiger partial charge in [-0.05, 0) is 30.5 Å². The van der Waals surface area contributed by atoms with E-state index < -0.39 is 5.41 Å². The van der Waals surface area contributed by atoms with E-state index in [1.54, 1.807) is 20.3 Å². The van der Waals surface area contributed by atoms with Gasteiger partial charge >= 0.3 is 5.97 Å². The molecule has 1 aromatic rings. The molecule has 104 valence electrons. The minimum atomic E-state index is -0.645. The van der Waals surface area contributed by atoms with Crippen molar-refractivity contribution in [2.24, 2.45) is 5.73 Å². The highest BCUT2D eigenvalue weighted by atomic mass is 16.5. The maximum absolute atomic E-state index is 12.1. The summed E-state index contributed by atoms with van der Waals surface area (Å²) in [6, 6.07) is 5.52. The zero-order valence-electron chi connectivity index (χ0n) is 11.4. The van der Waals surface area contributed by atoms with Crippen LogP contribution in [0.4, 0.5) is 0 Å². The van der Waals surface area contributed by atoms with Crippen molar-refractivity contribution in [2.45, 2.75) is 24.3 Å². The summed E-state index contributed by atoms with van der Waals surface area (Å²) < 4.78 is 15.4. The SMILES string of the molecule is COC(=O)C1(c2ccc(OC)c(OC)c2)CC(N)C1. The van der Waals surface area contributed by atoms with Crippen LogP contribution in [0.2, 0.25) is 0 Å². The summed E-state index contributed by atoms with van der Waals surface area (Å²) in [6.45, 7) is 0. The van der Waals surface area contributed by atoms with Crippen LogP contribution in [0.25, 0.3) is 0 Å². The Balaban J connectivity index is 2.41. The number of hydrogen-bond donors (Lipinski definition) is 1. The van der Waals surface area contributed by atoms with E-state index in [4.69, 9.17) is 19.9 Å². The van der Waals surface area contributed by atoms with Gasteiger partial charge in [-0.15, -0.1) is 0 Å². The number of hydrogen-bond acceptors (Lipinski definition) is 5. The first-order chi connectivity index (χ1) is 9.07. The van der Waals surface area contributed by atoms with Crippen LogP contribution in [0, 0.1) is 0 Å². The van der Waals surface area contributed by atoms with Crippen molar-refractivity contribution in [1.82, 2.24) is 0 Å². The molecule has 5 heteroatoms. The molecule has 1 aromatic carbocycles. The predicted molar refractivity (Wildman–Crippen MR) is 70.4 cm³/mol. The highest BCUT2D eigenvalue weighted by Crippen LogP contribution is 2.46. The standard InChI is InChI=1S/C14H19NO4/c1-17-11-5-4-9(6-12(11)18-2)14(13(16)19-3)7-10(15)8-14/h4-6,10H,7-8,15H2,1-3H3. The molecule has 1 aliphatic carbocycles. The first-order valence-corrected chi connectivity index (χ1v) is 6.14. The molecule has 0 bridgehead atoms. The van der Waals surface area contributed by atoms with Crippen molar-refractivity contribution in [1.29, 1.82) is 0 Å². The molecule has 0 unspecified atom stereocenters. The Morgan fingerprint density at radius 2 is 1.84 bits per heavy atom. The lowest BCUT2D eigenvalue weighted by Crippen LogP contribution is -2.54. The third-order valence-electron chi connectivity index (χ3n) is 3.73. The number of methoxy groups -OCH3 is 3. The van der Waals surface area contributed by atoms with E-state index in [1.165, 1.54) is 7.11 Å². The van der Waals surface area contributed by atoms with Crippen LogP contribution in [0.3, 0.4) is 0 Å². The molecule has 2 rings (SSSR count). The zero-order chi connectivity index (χ0) is 14.0. The van der Waals surface area contributed by atoms with Crippen LogP contribution in [0.1, 0.15) is 18.4 Å². The van der Waals surface area contributed by atoms with Gasteiger partial charge in [0.15, 0.2) is 11.5 Å². The number of ether oxygens (including phenoxy) is 3. The van der Waals surface area contributed by atoms with E-state index in [2.05, 4.69) is 0 Å². The molecule has 0 radical (unpaired) electrons. The fraction of sp³-hybridized carbons (Fsp3) is 0.500. The van der Waals surface area contributed by atoms with Gasteiger partial charge in [-0.1, -0.05) is 6.07 Å². The second-order valence-electron chi connectivity index (χ2n) is 4.81. The Kier molecular flexibility index (Phi) is 3.66. The molecule has 1 saturated carbocycles. The van der Waals surface area contributed by atoms with Crippen molar-refractivity contribution in [3.63, 3.8) is 0 Å². The normalized spacial score (nSPS) is 25.4. The van der Waals surface area contributed by atoms with Gasteiger partial charge in [0.1, 0.15) is 0 Å². The maximum Gasteiger partial charge on any atom is 0.316 e. The lowest BCUT2D eigenvalue weighted by atomic mass is 9.62. The number of carbonyl (C=O) groups excluding carboxylic acids is 1. The molecule has 2 N–H and O–H groups in total. The van der Waals surface area contributed by atoms with Gasteiger partial charge in [-0.2, -0.15) is 0 Å². The fourth-order valence-electron chi connectivity index (χ4n) is 2.68. The van der Waals surface area contributed by atoms with E-state index in [1.807, 2.05) is 12.1 Å². The number of carbonyl (C=O) groups is 1. The molecule has 0 heterocycles. The first-order valence-electron chi connectivity index (χ1n) is 6.14. The summed E-state index contributed by atoms with van der Waals surface area (Å²) in [5, 5.41) is 0. The van der Waals surface area contributed by atoms with Crippen molar-refractivity contribution < 1.29 is 19.0 Å².